The van der Waals surface area contributed by atoms with E-state index in [9.17, 15) is 4.79 Å². The van der Waals surface area contributed by atoms with Gasteiger partial charge >= 0.3 is 0 Å². The van der Waals surface area contributed by atoms with Gasteiger partial charge in [0.25, 0.3) is 0 Å². The molecule has 0 spiro atoms. The zero-order chi connectivity index (χ0) is 13.7. The summed E-state index contributed by atoms with van der Waals surface area (Å²) in [7, 11) is 2.04. The molecule has 0 N–H and O–H groups in total. The molecule has 0 aliphatic carbocycles. The van der Waals surface area contributed by atoms with E-state index < -0.39 is 0 Å². The van der Waals surface area contributed by atoms with Crippen molar-refractivity contribution < 1.29 is 9.53 Å². The maximum absolute atomic E-state index is 12.0. The van der Waals surface area contributed by atoms with E-state index in [2.05, 4.69) is 4.90 Å². The average Bonchev–Trinajstić information content (AvgIpc) is 2.89. The van der Waals surface area contributed by atoms with Crippen molar-refractivity contribution >= 4 is 17.4 Å². The van der Waals surface area contributed by atoms with Crippen LogP contribution in [0.5, 0.6) is 0 Å². The Balaban J connectivity index is 1.74. The van der Waals surface area contributed by atoms with Gasteiger partial charge in [0.2, 0.25) is 0 Å². The highest BCUT2D eigenvalue weighted by Gasteiger charge is 2.17. The van der Waals surface area contributed by atoms with E-state index in [1.807, 2.05) is 7.05 Å². The summed E-state index contributed by atoms with van der Waals surface area (Å²) in [6.07, 6.45) is 3.17. The number of nitrogens with zero attached hydrogens (tertiary/aromatic N) is 1. The monoisotopic (exact) mass is 281 g/mol. The first-order valence-corrected chi connectivity index (χ1v) is 7.12. The molecule has 1 saturated heterocycles. The Morgan fingerprint density at radius 1 is 1.42 bits per heavy atom. The second-order valence-electron chi connectivity index (χ2n) is 5.08. The van der Waals surface area contributed by atoms with Crippen molar-refractivity contribution in [2.75, 3.05) is 26.7 Å². The van der Waals surface area contributed by atoms with Crippen molar-refractivity contribution in [3.8, 4) is 0 Å². The number of likely N-dealkylation sites (N-methyl/N-ethyl adjacent to an activating group) is 1. The molecule has 19 heavy (non-hydrogen) atoms. The predicted molar refractivity (Wildman–Crippen MR) is 76.9 cm³/mol. The number of Topliss-reactive ketones (excluding diaryl/α,β-unsaturated/α-hetero) is 1. The van der Waals surface area contributed by atoms with Crippen molar-refractivity contribution in [2.45, 2.75) is 25.4 Å². The summed E-state index contributed by atoms with van der Waals surface area (Å²) in [5.41, 5.74) is 0.731. The standard InChI is InChI=1S/C15H20ClNO2/c1-17(11-14-3-2-10-19-14)9-8-15(18)12-4-6-13(16)7-5-12/h4-7,14H,2-3,8-11H2,1H3. The van der Waals surface area contributed by atoms with Crippen molar-refractivity contribution in [1.82, 2.24) is 4.90 Å². The van der Waals surface area contributed by atoms with Gasteiger partial charge in [-0.15, -0.1) is 0 Å². The minimum Gasteiger partial charge on any atom is -0.377 e. The van der Waals surface area contributed by atoms with Crippen LogP contribution in [0.15, 0.2) is 24.3 Å². The topological polar surface area (TPSA) is 29.5 Å². The van der Waals surface area contributed by atoms with Crippen molar-refractivity contribution in [3.63, 3.8) is 0 Å². The molecule has 1 aliphatic heterocycles. The van der Waals surface area contributed by atoms with Gasteiger partial charge in [-0.3, -0.25) is 4.79 Å². The van der Waals surface area contributed by atoms with E-state index in [0.717, 1.165) is 38.1 Å². The van der Waals surface area contributed by atoms with Crippen LogP contribution in [0.2, 0.25) is 5.02 Å². The maximum Gasteiger partial charge on any atom is 0.164 e. The van der Waals surface area contributed by atoms with E-state index in [-0.39, 0.29) is 5.78 Å². The molecule has 0 saturated carbocycles. The first-order valence-electron chi connectivity index (χ1n) is 6.74. The summed E-state index contributed by atoms with van der Waals surface area (Å²) in [5, 5.41) is 0.659. The van der Waals surface area contributed by atoms with Gasteiger partial charge in [-0.25, -0.2) is 0 Å². The van der Waals surface area contributed by atoms with Crippen LogP contribution >= 0.6 is 11.6 Å². The first kappa shape index (κ1) is 14.5. The Hall–Kier alpha value is -0.900. The molecule has 104 valence electrons. The fraction of sp³-hybridized carbons (Fsp3) is 0.533. The molecule has 0 bridgehead atoms. The molecule has 2 rings (SSSR count). The summed E-state index contributed by atoms with van der Waals surface area (Å²) in [5.74, 6) is 0.163. The van der Waals surface area contributed by atoms with Gasteiger partial charge < -0.3 is 9.64 Å². The molecular weight excluding hydrogens is 262 g/mol. The number of hydrogen-bond donors (Lipinski definition) is 0. The third kappa shape index (κ3) is 4.60. The number of halogens is 1. The molecular formula is C15H20ClNO2. The molecule has 0 radical (unpaired) electrons. The number of benzene rings is 1. The minimum atomic E-state index is 0.163. The highest BCUT2D eigenvalue weighted by Crippen LogP contribution is 2.14. The quantitative estimate of drug-likeness (QED) is 0.751. The molecule has 1 unspecified atom stereocenters. The summed E-state index contributed by atoms with van der Waals surface area (Å²) >= 11 is 5.81. The van der Waals surface area contributed by atoms with E-state index in [1.54, 1.807) is 24.3 Å². The first-order chi connectivity index (χ1) is 9.15. The zero-order valence-corrected chi connectivity index (χ0v) is 12.0. The van der Waals surface area contributed by atoms with Crippen LogP contribution in [0.3, 0.4) is 0 Å². The van der Waals surface area contributed by atoms with Crippen LogP contribution in [0.4, 0.5) is 0 Å². The molecule has 0 aromatic heterocycles. The maximum atomic E-state index is 12.0. The van der Waals surface area contributed by atoms with Gasteiger partial charge in [0, 0.05) is 36.7 Å². The summed E-state index contributed by atoms with van der Waals surface area (Å²) < 4.78 is 5.59. The normalized spacial score (nSPS) is 19.0. The number of carbonyl (C=O) groups excluding carboxylic acids is 1. The van der Waals surface area contributed by atoms with Gasteiger partial charge in [0.15, 0.2) is 5.78 Å². The van der Waals surface area contributed by atoms with Gasteiger partial charge in [-0.2, -0.15) is 0 Å². The lowest BCUT2D eigenvalue weighted by molar-refractivity contribution is 0.0778. The van der Waals surface area contributed by atoms with Crippen LogP contribution in [-0.4, -0.2) is 43.5 Å². The lowest BCUT2D eigenvalue weighted by Crippen LogP contribution is -2.30. The Bertz CT molecular complexity index is 413. The third-order valence-corrected chi connectivity index (χ3v) is 3.68. The summed E-state index contributed by atoms with van der Waals surface area (Å²) in [6.45, 7) is 2.55. The highest BCUT2D eigenvalue weighted by atomic mass is 35.5. The van der Waals surface area contributed by atoms with Gasteiger partial charge in [0.05, 0.1) is 6.10 Å². The van der Waals surface area contributed by atoms with E-state index in [0.29, 0.717) is 17.5 Å². The Morgan fingerprint density at radius 3 is 2.79 bits per heavy atom. The molecule has 0 amide bonds. The summed E-state index contributed by atoms with van der Waals surface area (Å²) in [4.78, 5) is 14.2. The number of carbonyl (C=O) groups is 1. The molecule has 3 nitrogen and oxygen atoms in total. The van der Waals surface area contributed by atoms with Crippen molar-refractivity contribution in [2.24, 2.45) is 0 Å². The van der Waals surface area contributed by atoms with Crippen LogP contribution in [0, 0.1) is 0 Å². The lowest BCUT2D eigenvalue weighted by atomic mass is 10.1. The second-order valence-corrected chi connectivity index (χ2v) is 5.51. The van der Waals surface area contributed by atoms with Crippen LogP contribution in [0.25, 0.3) is 0 Å². The Kier molecular flexibility index (Phi) is 5.37. The summed E-state index contributed by atoms with van der Waals surface area (Å²) in [6, 6.07) is 7.07. The lowest BCUT2D eigenvalue weighted by Gasteiger charge is -2.19. The molecule has 4 heteroatoms. The predicted octanol–water partition coefficient (Wildman–Crippen LogP) is 3.02. The van der Waals surface area contributed by atoms with E-state index >= 15 is 0 Å². The van der Waals surface area contributed by atoms with Crippen molar-refractivity contribution in [3.05, 3.63) is 34.9 Å². The molecule has 1 aromatic rings. The molecule has 1 aromatic carbocycles. The Labute approximate surface area is 119 Å². The molecule has 1 aliphatic rings. The van der Waals surface area contributed by atoms with Gasteiger partial charge in [0.1, 0.15) is 0 Å². The van der Waals surface area contributed by atoms with E-state index in [1.165, 1.54) is 0 Å². The smallest absolute Gasteiger partial charge is 0.164 e. The fourth-order valence-electron chi connectivity index (χ4n) is 2.30. The Morgan fingerprint density at radius 2 is 2.16 bits per heavy atom. The van der Waals surface area contributed by atoms with Crippen LogP contribution in [-0.2, 0) is 4.74 Å². The average molecular weight is 282 g/mol. The molecule has 1 fully saturated rings. The highest BCUT2D eigenvalue weighted by molar-refractivity contribution is 6.30. The molecule has 1 heterocycles. The number of ether oxygens (including phenoxy) is 1. The number of ketones is 1. The van der Waals surface area contributed by atoms with Crippen molar-refractivity contribution in [1.29, 1.82) is 0 Å². The minimum absolute atomic E-state index is 0.163. The number of rotatable bonds is 6. The SMILES string of the molecule is CN(CCC(=O)c1ccc(Cl)cc1)CC1CCCO1. The second kappa shape index (κ2) is 7.04. The van der Waals surface area contributed by atoms with Gasteiger partial charge in [-0.05, 0) is 44.2 Å². The third-order valence-electron chi connectivity index (χ3n) is 3.43. The fourth-order valence-corrected chi connectivity index (χ4v) is 2.43. The zero-order valence-electron chi connectivity index (χ0n) is 11.3. The largest absolute Gasteiger partial charge is 0.377 e. The van der Waals surface area contributed by atoms with E-state index in [4.69, 9.17) is 16.3 Å². The van der Waals surface area contributed by atoms with Crippen LogP contribution < -0.4 is 0 Å². The number of hydrogen-bond acceptors (Lipinski definition) is 3. The molecule has 1 atom stereocenters. The van der Waals surface area contributed by atoms with Gasteiger partial charge in [-0.1, -0.05) is 11.6 Å². The van der Waals surface area contributed by atoms with Crippen LogP contribution in [0.1, 0.15) is 29.6 Å².